The summed E-state index contributed by atoms with van der Waals surface area (Å²) in [6, 6.07) is 7.34. The first kappa shape index (κ1) is 31.0. The van der Waals surface area contributed by atoms with Crippen LogP contribution in [0, 0.1) is 5.82 Å². The number of nitrogens with zero attached hydrogens (tertiary/aromatic N) is 4. The number of pyridine rings is 1. The van der Waals surface area contributed by atoms with Crippen LogP contribution in [0.5, 0.6) is 17.5 Å². The second-order valence-electron chi connectivity index (χ2n) is 9.23. The van der Waals surface area contributed by atoms with E-state index in [1.807, 2.05) is 0 Å². The van der Waals surface area contributed by atoms with Gasteiger partial charge in [0.1, 0.15) is 29.6 Å². The second kappa shape index (κ2) is 13.4. The van der Waals surface area contributed by atoms with Crippen LogP contribution in [0.3, 0.4) is 0 Å². The van der Waals surface area contributed by atoms with Gasteiger partial charge < -0.3 is 24.1 Å². The Morgan fingerprint density at radius 1 is 1.05 bits per heavy atom. The van der Waals surface area contributed by atoms with Gasteiger partial charge in [-0.3, -0.25) is 10.3 Å². The van der Waals surface area contributed by atoms with Gasteiger partial charge in [-0.2, -0.15) is 8.78 Å². The summed E-state index contributed by atoms with van der Waals surface area (Å²) in [7, 11) is 0. The summed E-state index contributed by atoms with van der Waals surface area (Å²) in [5.41, 5.74) is 1.57. The largest absolute Gasteiger partial charge is 0.484 e. The minimum absolute atomic E-state index is 0.0304. The van der Waals surface area contributed by atoms with E-state index in [9.17, 15) is 13.6 Å². The van der Waals surface area contributed by atoms with Gasteiger partial charge in [0, 0.05) is 28.1 Å². The van der Waals surface area contributed by atoms with Gasteiger partial charge >= 0.3 is 18.7 Å². The van der Waals surface area contributed by atoms with E-state index in [1.165, 1.54) is 48.1 Å². The van der Waals surface area contributed by atoms with E-state index in [-0.39, 0.29) is 36.4 Å². The fourth-order valence-corrected chi connectivity index (χ4v) is 5.18. The minimum Gasteiger partial charge on any atom is -0.484 e. The molecule has 0 bridgehead atoms. The highest BCUT2D eigenvalue weighted by Gasteiger charge is 2.22. The highest BCUT2D eigenvalue weighted by Crippen LogP contribution is 2.38. The maximum atomic E-state index is 15.1. The van der Waals surface area contributed by atoms with Crippen LogP contribution >= 0.6 is 22.9 Å². The molecule has 5 rings (SSSR count). The van der Waals surface area contributed by atoms with E-state index in [2.05, 4.69) is 30.0 Å². The topological polar surface area (TPSA) is 138 Å². The van der Waals surface area contributed by atoms with Crippen LogP contribution in [0.1, 0.15) is 13.8 Å². The SMILES string of the molecule is C[C@H](Oc1cc2sc(-c3cc(Cl)cc4cc(OC(F)F)cnc34)nc2cc1F)[C@@H](C)OC(=O)Nc1cnc(OCCO)nc1. The molecule has 0 unspecified atom stereocenters. The van der Waals surface area contributed by atoms with Gasteiger partial charge in [0.05, 0.1) is 46.6 Å². The Labute approximate surface area is 256 Å². The number of thiazole rings is 1. The van der Waals surface area contributed by atoms with Crippen LogP contribution in [-0.2, 0) is 4.74 Å². The molecule has 0 aliphatic carbocycles. The molecule has 11 nitrogen and oxygen atoms in total. The van der Waals surface area contributed by atoms with Crippen LogP contribution in [0.15, 0.2) is 48.9 Å². The molecule has 3 aromatic heterocycles. The Morgan fingerprint density at radius 2 is 1.82 bits per heavy atom. The lowest BCUT2D eigenvalue weighted by molar-refractivity contribution is -0.0499. The molecule has 3 heterocycles. The third-order valence-corrected chi connectivity index (χ3v) is 7.35. The van der Waals surface area contributed by atoms with E-state index in [1.54, 1.807) is 26.0 Å². The van der Waals surface area contributed by atoms with E-state index >= 15 is 4.39 Å². The maximum Gasteiger partial charge on any atom is 0.412 e. The van der Waals surface area contributed by atoms with Crippen molar-refractivity contribution in [3.63, 3.8) is 0 Å². The number of benzene rings is 2. The number of hydrogen-bond donors (Lipinski definition) is 2. The van der Waals surface area contributed by atoms with Gasteiger partial charge in [0.15, 0.2) is 11.6 Å². The number of amides is 1. The molecule has 2 aromatic carbocycles. The Balaban J connectivity index is 1.29. The number of alkyl halides is 2. The molecule has 230 valence electrons. The van der Waals surface area contributed by atoms with E-state index in [0.29, 0.717) is 36.7 Å². The predicted octanol–water partition coefficient (Wildman–Crippen LogP) is 6.47. The molecular formula is C28H23ClF3N5O6S. The van der Waals surface area contributed by atoms with Crippen molar-refractivity contribution in [1.82, 2.24) is 19.9 Å². The van der Waals surface area contributed by atoms with Crippen molar-refractivity contribution in [1.29, 1.82) is 0 Å². The molecule has 0 saturated heterocycles. The normalized spacial score (nSPS) is 12.7. The van der Waals surface area contributed by atoms with Crippen LogP contribution in [0.25, 0.3) is 31.7 Å². The molecule has 2 atom stereocenters. The Morgan fingerprint density at radius 3 is 2.55 bits per heavy atom. The van der Waals surface area contributed by atoms with Gasteiger partial charge in [-0.05, 0) is 32.0 Å². The first-order valence-electron chi connectivity index (χ1n) is 12.9. The molecule has 0 saturated carbocycles. The highest BCUT2D eigenvalue weighted by molar-refractivity contribution is 7.21. The van der Waals surface area contributed by atoms with Crippen molar-refractivity contribution in [2.75, 3.05) is 18.5 Å². The number of nitrogens with one attached hydrogen (secondary N) is 1. The number of aliphatic hydroxyl groups excluding tert-OH is 1. The zero-order valence-electron chi connectivity index (χ0n) is 23.0. The molecule has 0 radical (unpaired) electrons. The van der Waals surface area contributed by atoms with Crippen molar-refractivity contribution < 1.29 is 42.0 Å². The third-order valence-electron chi connectivity index (χ3n) is 6.08. The summed E-state index contributed by atoms with van der Waals surface area (Å²) in [5, 5.41) is 12.5. The van der Waals surface area contributed by atoms with Crippen molar-refractivity contribution in [2.45, 2.75) is 32.7 Å². The van der Waals surface area contributed by atoms with E-state index in [4.69, 9.17) is 30.9 Å². The lowest BCUT2D eigenvalue weighted by Crippen LogP contribution is -2.32. The van der Waals surface area contributed by atoms with Crippen LogP contribution in [-0.4, -0.2) is 63.2 Å². The summed E-state index contributed by atoms with van der Waals surface area (Å²) in [5.74, 6) is -0.876. The Kier molecular flexibility index (Phi) is 9.46. The number of rotatable bonds is 11. The lowest BCUT2D eigenvalue weighted by atomic mass is 10.1. The van der Waals surface area contributed by atoms with E-state index < -0.39 is 30.7 Å². The van der Waals surface area contributed by atoms with Crippen molar-refractivity contribution in [2.24, 2.45) is 0 Å². The standard InChI is InChI=1S/C28H23ClF3N5O6S/c1-13(14(2)42-28(39)36-17-10-34-27(35-11-17)40-4-3-38)41-22-9-23-21(8-20(22)30)37-25(44-23)19-7-16(29)5-15-6-18(43-26(31)32)12-33-24(15)19/h5-14,26,38H,3-4H2,1-2H3,(H,36,39)/t13-,14+/m0/s1. The maximum absolute atomic E-state index is 15.1. The molecular weight excluding hydrogens is 627 g/mol. The number of halogens is 4. The fraction of sp³-hybridized carbons (Fsp3) is 0.250. The number of fused-ring (bicyclic) bond motifs is 2. The number of aromatic nitrogens is 4. The molecule has 0 fully saturated rings. The molecule has 16 heteroatoms. The number of ether oxygens (including phenoxy) is 4. The lowest BCUT2D eigenvalue weighted by Gasteiger charge is -2.22. The van der Waals surface area contributed by atoms with E-state index in [0.717, 1.165) is 0 Å². The summed E-state index contributed by atoms with van der Waals surface area (Å²) >= 11 is 7.52. The number of anilines is 1. The average Bonchev–Trinajstić information content (AvgIpc) is 3.38. The summed E-state index contributed by atoms with van der Waals surface area (Å²) in [4.78, 5) is 28.9. The predicted molar refractivity (Wildman–Crippen MR) is 156 cm³/mol. The van der Waals surface area contributed by atoms with Gasteiger partial charge in [-0.1, -0.05) is 11.6 Å². The van der Waals surface area contributed by atoms with Crippen molar-refractivity contribution >= 4 is 55.8 Å². The van der Waals surface area contributed by atoms with Crippen LogP contribution in [0.2, 0.25) is 5.02 Å². The number of carbonyl (C=O) groups is 1. The third kappa shape index (κ3) is 7.35. The van der Waals surface area contributed by atoms with Gasteiger partial charge in [0.2, 0.25) is 0 Å². The number of aliphatic hydroxyl groups is 1. The number of carbonyl (C=O) groups excluding carboxylic acids is 1. The quantitative estimate of drug-likeness (QED) is 0.164. The zero-order chi connectivity index (χ0) is 31.4. The van der Waals surface area contributed by atoms with Gasteiger partial charge in [0.25, 0.3) is 0 Å². The molecule has 0 aliphatic heterocycles. The van der Waals surface area contributed by atoms with Crippen LogP contribution in [0.4, 0.5) is 23.7 Å². The zero-order valence-corrected chi connectivity index (χ0v) is 24.5. The molecule has 1 amide bonds. The fourth-order valence-electron chi connectivity index (χ4n) is 3.96. The smallest absolute Gasteiger partial charge is 0.412 e. The minimum atomic E-state index is -3.00. The van der Waals surface area contributed by atoms with Crippen molar-refractivity contribution in [3.05, 3.63) is 59.8 Å². The Hall–Kier alpha value is -4.47. The molecule has 44 heavy (non-hydrogen) atoms. The second-order valence-corrected chi connectivity index (χ2v) is 10.7. The molecule has 5 aromatic rings. The summed E-state index contributed by atoms with van der Waals surface area (Å²) in [6.45, 7) is 0.0360. The van der Waals surface area contributed by atoms with Crippen molar-refractivity contribution in [3.8, 4) is 28.1 Å². The molecule has 0 spiro atoms. The summed E-state index contributed by atoms with van der Waals surface area (Å²) in [6.07, 6.45) is 1.43. The highest BCUT2D eigenvalue weighted by atomic mass is 35.5. The van der Waals surface area contributed by atoms with Crippen LogP contribution < -0.4 is 19.5 Å². The molecule has 2 N–H and O–H groups in total. The van der Waals surface area contributed by atoms with Gasteiger partial charge in [-0.25, -0.2) is 24.1 Å². The number of hydrogen-bond acceptors (Lipinski definition) is 11. The van der Waals surface area contributed by atoms with Gasteiger partial charge in [-0.15, -0.1) is 11.3 Å². The Bertz CT molecular complexity index is 1800. The molecule has 0 aliphatic rings. The first-order valence-corrected chi connectivity index (χ1v) is 14.1. The summed E-state index contributed by atoms with van der Waals surface area (Å²) < 4.78 is 61.6. The monoisotopic (exact) mass is 649 g/mol. The first-order chi connectivity index (χ1) is 21.1. The average molecular weight is 650 g/mol.